The molecule has 0 saturated carbocycles. The monoisotopic (exact) mass is 739 g/mol. The highest BCUT2D eigenvalue weighted by Gasteiger charge is 2.48. The molecular weight excluding hydrogens is 698 g/mol. The van der Waals surface area contributed by atoms with E-state index in [2.05, 4.69) is 20.3 Å². The van der Waals surface area contributed by atoms with Gasteiger partial charge in [-0.25, -0.2) is 0 Å². The molecule has 15 nitrogen and oxygen atoms in total. The first-order valence-electron chi connectivity index (χ1n) is 17.4. The molecule has 1 fully saturated rings. The van der Waals surface area contributed by atoms with Gasteiger partial charge >= 0.3 is 11.9 Å². The average molecular weight is 740 g/mol. The second-order valence-electron chi connectivity index (χ2n) is 13.1. The lowest BCUT2D eigenvalue weighted by atomic mass is 9.80. The Bertz CT molecular complexity index is 1900. The smallest absolute Gasteiger partial charge is 0.306 e. The largest absolute Gasteiger partial charge is 0.497 e. The van der Waals surface area contributed by atoms with Crippen LogP contribution in [-0.4, -0.2) is 97.2 Å². The molecule has 0 bridgehead atoms. The Kier molecular flexibility index (Phi) is 11.5. The molecule has 3 heterocycles. The van der Waals surface area contributed by atoms with Crippen LogP contribution >= 0.6 is 0 Å². The van der Waals surface area contributed by atoms with E-state index in [0.29, 0.717) is 11.5 Å². The topological polar surface area (TPSA) is 187 Å². The summed E-state index contributed by atoms with van der Waals surface area (Å²) in [4.78, 5) is 63.8. The minimum atomic E-state index is -1.22. The molecule has 1 unspecified atom stereocenters. The van der Waals surface area contributed by atoms with Crippen LogP contribution in [0.1, 0.15) is 49.8 Å². The number of nitrogens with one attached hydrogen (secondary N) is 1. The maximum Gasteiger partial charge on any atom is 0.306 e. The number of rotatable bonds is 14. The van der Waals surface area contributed by atoms with Crippen LogP contribution in [0, 0.1) is 5.92 Å². The van der Waals surface area contributed by atoms with Gasteiger partial charge in [0.15, 0.2) is 11.9 Å². The number of amidine groups is 1. The number of ether oxygens (including phenoxy) is 5. The third-order valence-corrected chi connectivity index (χ3v) is 9.22. The normalized spacial score (nSPS) is 21.4. The van der Waals surface area contributed by atoms with Crippen LogP contribution in [0.3, 0.4) is 0 Å². The molecule has 0 aliphatic carbocycles. The van der Waals surface area contributed by atoms with Crippen LogP contribution in [0.25, 0.3) is 0 Å². The lowest BCUT2D eigenvalue weighted by molar-refractivity contribution is -0.157. The number of aliphatic carboxylic acids is 1. The van der Waals surface area contributed by atoms with Gasteiger partial charge in [-0.1, -0.05) is 68.4 Å². The summed E-state index contributed by atoms with van der Waals surface area (Å²) in [5.41, 5.74) is 1.11. The first-order chi connectivity index (χ1) is 26.0. The first kappa shape index (κ1) is 37.8. The third-order valence-electron chi connectivity index (χ3n) is 9.22. The molecule has 54 heavy (non-hydrogen) atoms. The number of carbonyl (C=O) groups is 4. The van der Waals surface area contributed by atoms with Crippen molar-refractivity contribution in [2.75, 3.05) is 20.8 Å². The number of methoxy groups -OCH3 is 2. The molecule has 1 saturated heterocycles. The number of carboxylic acid groups (broad SMARTS) is 1. The lowest BCUT2D eigenvalue weighted by Gasteiger charge is -2.37. The number of guanidine groups is 1. The summed E-state index contributed by atoms with van der Waals surface area (Å²) in [6.07, 6.45) is -1.89. The standard InChI is InChI=1S/C39H41N5O10/c1-23(2)36(48)42-38-41-35-34(37(49)43-38)40-22-44(35)31-20-29(54-33(47)19-18-32(45)46)30(53-31)21-52-39(24-8-6-5-7-9-24,25-10-14-27(50-3)15-11-25)26-12-16-28(51-4)17-13-26/h5-17,22-23,29-31,34H,18-21H2,1-4H3,(H,45,46)(H,42,43,48,49)/t29-,30+,31+,34?/m0/s1. The van der Waals surface area contributed by atoms with Crippen molar-refractivity contribution in [1.82, 2.24) is 10.2 Å². The number of esters is 1. The summed E-state index contributed by atoms with van der Waals surface area (Å²) in [5.74, 6) is -1.94. The van der Waals surface area contributed by atoms with E-state index >= 15 is 0 Å². The zero-order valence-corrected chi connectivity index (χ0v) is 30.2. The molecule has 15 heteroatoms. The van der Waals surface area contributed by atoms with Gasteiger partial charge in [-0.2, -0.15) is 9.98 Å². The molecule has 3 aliphatic heterocycles. The molecule has 3 aromatic rings. The van der Waals surface area contributed by atoms with Crippen LogP contribution < -0.4 is 14.8 Å². The van der Waals surface area contributed by atoms with E-state index in [4.69, 9.17) is 23.7 Å². The van der Waals surface area contributed by atoms with Gasteiger partial charge in [-0.3, -0.25) is 34.4 Å². The Morgan fingerprint density at radius 1 is 0.944 bits per heavy atom. The van der Waals surface area contributed by atoms with Gasteiger partial charge in [-0.15, -0.1) is 0 Å². The number of benzene rings is 3. The maximum atomic E-state index is 13.0. The second kappa shape index (κ2) is 16.4. The van der Waals surface area contributed by atoms with Crippen molar-refractivity contribution in [3.8, 4) is 11.5 Å². The van der Waals surface area contributed by atoms with E-state index in [1.54, 1.807) is 33.0 Å². The molecule has 4 atom stereocenters. The minimum Gasteiger partial charge on any atom is -0.497 e. The number of hydrogen-bond acceptors (Lipinski definition) is 11. The molecule has 3 aromatic carbocycles. The number of hydrogen-bond donors (Lipinski definition) is 2. The third kappa shape index (κ3) is 8.01. The summed E-state index contributed by atoms with van der Waals surface area (Å²) < 4.78 is 30.4. The van der Waals surface area contributed by atoms with Crippen LogP contribution in [0.2, 0.25) is 0 Å². The van der Waals surface area contributed by atoms with Crippen molar-refractivity contribution in [2.45, 2.75) is 63.2 Å². The highest BCUT2D eigenvalue weighted by molar-refractivity contribution is 6.24. The fourth-order valence-electron chi connectivity index (χ4n) is 6.40. The highest BCUT2D eigenvalue weighted by atomic mass is 16.6. The number of aliphatic imine (C=N–C) groups is 3. The molecular formula is C39H41N5O10. The van der Waals surface area contributed by atoms with Crippen LogP contribution in [0.15, 0.2) is 93.8 Å². The Balaban J connectivity index is 1.36. The van der Waals surface area contributed by atoms with E-state index in [1.165, 1.54) is 6.34 Å². The predicted molar refractivity (Wildman–Crippen MR) is 195 cm³/mol. The second-order valence-corrected chi connectivity index (χ2v) is 13.1. The Morgan fingerprint density at radius 3 is 2.13 bits per heavy atom. The van der Waals surface area contributed by atoms with Crippen molar-refractivity contribution in [1.29, 1.82) is 0 Å². The summed E-state index contributed by atoms with van der Waals surface area (Å²) in [6.45, 7) is 3.25. The van der Waals surface area contributed by atoms with E-state index in [9.17, 15) is 24.3 Å². The van der Waals surface area contributed by atoms with Gasteiger partial charge in [0.2, 0.25) is 5.96 Å². The molecule has 0 aromatic heterocycles. The number of nitrogens with zero attached hydrogens (tertiary/aromatic N) is 4. The van der Waals surface area contributed by atoms with Gasteiger partial charge in [0.25, 0.3) is 11.8 Å². The Hall–Kier alpha value is -5.93. The quantitative estimate of drug-likeness (QED) is 0.181. The fraction of sp³-hybridized carbons (Fsp3) is 0.359. The van der Waals surface area contributed by atoms with Crippen LogP contribution in [0.4, 0.5) is 0 Å². The summed E-state index contributed by atoms with van der Waals surface area (Å²) in [5, 5.41) is 11.7. The van der Waals surface area contributed by atoms with Gasteiger partial charge in [0.05, 0.1) is 40.0 Å². The fourth-order valence-corrected chi connectivity index (χ4v) is 6.40. The number of fused-ring (bicyclic) bond motifs is 1. The van der Waals surface area contributed by atoms with Gasteiger partial charge < -0.3 is 28.8 Å². The molecule has 3 aliphatic rings. The van der Waals surface area contributed by atoms with Crippen molar-refractivity contribution in [3.63, 3.8) is 0 Å². The number of amides is 2. The highest BCUT2D eigenvalue weighted by Crippen LogP contribution is 2.43. The Morgan fingerprint density at radius 2 is 1.56 bits per heavy atom. The first-order valence-corrected chi connectivity index (χ1v) is 17.4. The van der Waals surface area contributed by atoms with E-state index in [1.807, 2.05) is 78.9 Å². The van der Waals surface area contributed by atoms with Gasteiger partial charge in [-0.05, 0) is 41.0 Å². The molecule has 0 radical (unpaired) electrons. The zero-order valence-electron chi connectivity index (χ0n) is 30.2. The lowest BCUT2D eigenvalue weighted by Crippen LogP contribution is -2.51. The molecule has 6 rings (SSSR count). The van der Waals surface area contributed by atoms with E-state index < -0.39 is 66.2 Å². The zero-order chi connectivity index (χ0) is 38.4. The SMILES string of the molecule is COc1ccc(C(OC[C@H]2O[C@@H](N3C=NC4C(=O)NC(=NC(=O)C(C)C)N=C43)C[C@@H]2OC(=O)CCC(=O)O)(c2ccccc2)c2ccc(OC)cc2)cc1. The van der Waals surface area contributed by atoms with Gasteiger partial charge in [0.1, 0.15) is 35.5 Å². The number of carboxylic acids is 1. The van der Waals surface area contributed by atoms with Crippen LogP contribution in [-0.2, 0) is 39.0 Å². The summed E-state index contributed by atoms with van der Waals surface area (Å²) in [6, 6.07) is 23.6. The predicted octanol–water partition coefficient (Wildman–Crippen LogP) is 3.68. The van der Waals surface area contributed by atoms with Crippen molar-refractivity contribution in [3.05, 3.63) is 95.6 Å². The number of carbonyl (C=O) groups excluding carboxylic acids is 3. The van der Waals surface area contributed by atoms with E-state index in [0.717, 1.165) is 16.7 Å². The Labute approximate surface area is 311 Å². The maximum absolute atomic E-state index is 13.0. The van der Waals surface area contributed by atoms with E-state index in [-0.39, 0.29) is 31.2 Å². The van der Waals surface area contributed by atoms with Crippen LogP contribution in [0.5, 0.6) is 11.5 Å². The van der Waals surface area contributed by atoms with Crippen molar-refractivity contribution in [2.24, 2.45) is 20.9 Å². The molecule has 282 valence electrons. The minimum absolute atomic E-state index is 0.0903. The molecule has 2 amide bonds. The summed E-state index contributed by atoms with van der Waals surface area (Å²) >= 11 is 0. The molecule has 2 N–H and O–H groups in total. The van der Waals surface area contributed by atoms with Gasteiger partial charge in [0, 0.05) is 12.3 Å². The summed E-state index contributed by atoms with van der Waals surface area (Å²) in [7, 11) is 3.17. The van der Waals surface area contributed by atoms with Crippen molar-refractivity contribution >= 4 is 41.9 Å². The van der Waals surface area contributed by atoms with Crippen molar-refractivity contribution < 1.29 is 48.0 Å². The average Bonchev–Trinajstić information content (AvgIpc) is 3.79. The molecule has 0 spiro atoms.